The zero-order chi connectivity index (χ0) is 5.98. The van der Waals surface area contributed by atoms with Gasteiger partial charge in [0.25, 0.3) is 5.89 Å². The van der Waals surface area contributed by atoms with Crippen molar-refractivity contribution in [1.29, 1.82) is 0 Å². The van der Waals surface area contributed by atoms with E-state index in [-0.39, 0.29) is 12.5 Å². The molecule has 4 heteroatoms. The highest BCUT2D eigenvalue weighted by Crippen LogP contribution is 1.92. The summed E-state index contributed by atoms with van der Waals surface area (Å²) < 4.78 is 4.50. The van der Waals surface area contributed by atoms with Crippen molar-refractivity contribution >= 4 is 0 Å². The highest BCUT2D eigenvalue weighted by molar-refractivity contribution is 4.79. The van der Waals surface area contributed by atoms with Gasteiger partial charge in [-0.2, -0.15) is 4.98 Å². The van der Waals surface area contributed by atoms with Crippen LogP contribution in [-0.2, 0) is 6.61 Å². The van der Waals surface area contributed by atoms with Crippen LogP contribution in [-0.4, -0.2) is 15.2 Å². The van der Waals surface area contributed by atoms with Crippen LogP contribution in [0.5, 0.6) is 0 Å². The molecule has 0 unspecified atom stereocenters. The second kappa shape index (κ2) is 1.92. The van der Waals surface area contributed by atoms with E-state index in [1.54, 1.807) is 6.92 Å². The maximum atomic E-state index is 8.35. The largest absolute Gasteiger partial charge is 0.387 e. The van der Waals surface area contributed by atoms with E-state index in [0.717, 1.165) is 0 Å². The van der Waals surface area contributed by atoms with Gasteiger partial charge in [0, 0.05) is 0 Å². The third kappa shape index (κ3) is 0.840. The first-order valence-corrected chi connectivity index (χ1v) is 2.23. The van der Waals surface area contributed by atoms with Gasteiger partial charge in [0.15, 0.2) is 5.82 Å². The van der Waals surface area contributed by atoms with Crippen LogP contribution in [0.15, 0.2) is 4.52 Å². The summed E-state index contributed by atoms with van der Waals surface area (Å²) in [5, 5.41) is 11.8. The molecular formula is C4H6N2O2. The Morgan fingerprint density at radius 3 is 2.75 bits per heavy atom. The standard InChI is InChI=1S/C4H6N2O2/c1-3-5-4(2-7)8-6-3/h7H,2H2,1H3. The molecule has 1 heterocycles. The Morgan fingerprint density at radius 2 is 2.50 bits per heavy atom. The summed E-state index contributed by atoms with van der Waals surface area (Å²) in [5.74, 6) is 0.816. The minimum atomic E-state index is -0.180. The normalized spacial score (nSPS) is 9.75. The van der Waals surface area contributed by atoms with Crippen LogP contribution < -0.4 is 0 Å². The number of nitrogens with zero attached hydrogens (tertiary/aromatic N) is 2. The average Bonchev–Trinajstić information content (AvgIpc) is 2.14. The molecule has 1 aromatic rings. The first-order chi connectivity index (χ1) is 3.83. The molecule has 0 spiro atoms. The molecule has 0 saturated carbocycles. The van der Waals surface area contributed by atoms with Gasteiger partial charge in [-0.1, -0.05) is 5.16 Å². The minimum absolute atomic E-state index is 0.180. The van der Waals surface area contributed by atoms with Crippen LogP contribution in [0.25, 0.3) is 0 Å². The Balaban J connectivity index is 2.84. The Kier molecular flexibility index (Phi) is 1.26. The quantitative estimate of drug-likeness (QED) is 0.552. The van der Waals surface area contributed by atoms with Crippen molar-refractivity contribution in [1.82, 2.24) is 10.1 Å². The van der Waals surface area contributed by atoms with Gasteiger partial charge in [0.05, 0.1) is 0 Å². The van der Waals surface area contributed by atoms with Gasteiger partial charge < -0.3 is 9.63 Å². The molecular weight excluding hydrogens is 108 g/mol. The van der Waals surface area contributed by atoms with Crippen molar-refractivity contribution in [2.75, 3.05) is 0 Å². The van der Waals surface area contributed by atoms with Crippen LogP contribution in [0.4, 0.5) is 0 Å². The third-order valence-corrected chi connectivity index (χ3v) is 0.705. The van der Waals surface area contributed by atoms with Crippen molar-refractivity contribution in [3.63, 3.8) is 0 Å². The predicted octanol–water partition coefficient (Wildman–Crippen LogP) is -0.130. The lowest BCUT2D eigenvalue weighted by atomic mass is 10.7. The molecule has 0 bridgehead atoms. The molecule has 0 radical (unpaired) electrons. The van der Waals surface area contributed by atoms with Crippen LogP contribution in [0.1, 0.15) is 11.7 Å². The molecule has 0 aliphatic heterocycles. The maximum absolute atomic E-state index is 8.35. The van der Waals surface area contributed by atoms with Gasteiger partial charge in [-0.15, -0.1) is 0 Å². The molecule has 0 saturated heterocycles. The van der Waals surface area contributed by atoms with Crippen molar-refractivity contribution < 1.29 is 9.63 Å². The smallest absolute Gasteiger partial charge is 0.252 e. The molecule has 4 nitrogen and oxygen atoms in total. The highest BCUT2D eigenvalue weighted by Gasteiger charge is 1.96. The summed E-state index contributed by atoms with van der Waals surface area (Å²) in [4.78, 5) is 3.70. The minimum Gasteiger partial charge on any atom is -0.387 e. The van der Waals surface area contributed by atoms with E-state index in [9.17, 15) is 0 Å². The SMILES string of the molecule is Cc1noc(CO)n1. The van der Waals surface area contributed by atoms with E-state index in [1.807, 2.05) is 0 Å². The summed E-state index contributed by atoms with van der Waals surface area (Å²) in [7, 11) is 0. The summed E-state index contributed by atoms with van der Waals surface area (Å²) in [6.45, 7) is 1.52. The lowest BCUT2D eigenvalue weighted by Gasteiger charge is -1.75. The Hall–Kier alpha value is -0.900. The molecule has 0 aliphatic rings. The average molecular weight is 114 g/mol. The monoisotopic (exact) mass is 114 g/mol. The van der Waals surface area contributed by atoms with E-state index in [2.05, 4.69) is 14.7 Å². The molecule has 0 fully saturated rings. The lowest BCUT2D eigenvalue weighted by molar-refractivity contribution is 0.222. The predicted molar refractivity (Wildman–Crippen MR) is 25.0 cm³/mol. The fraction of sp³-hybridized carbons (Fsp3) is 0.500. The highest BCUT2D eigenvalue weighted by atomic mass is 16.5. The van der Waals surface area contributed by atoms with Gasteiger partial charge in [-0.05, 0) is 6.92 Å². The van der Waals surface area contributed by atoms with Gasteiger partial charge in [-0.3, -0.25) is 0 Å². The van der Waals surface area contributed by atoms with Crippen molar-refractivity contribution in [3.05, 3.63) is 11.7 Å². The van der Waals surface area contributed by atoms with Crippen LogP contribution in [0.3, 0.4) is 0 Å². The topological polar surface area (TPSA) is 59.2 Å². The van der Waals surface area contributed by atoms with Gasteiger partial charge in [-0.25, -0.2) is 0 Å². The van der Waals surface area contributed by atoms with E-state index in [0.29, 0.717) is 5.82 Å². The van der Waals surface area contributed by atoms with Crippen molar-refractivity contribution in [2.24, 2.45) is 0 Å². The number of aromatic nitrogens is 2. The Morgan fingerprint density at radius 1 is 1.75 bits per heavy atom. The number of aryl methyl sites for hydroxylation is 1. The van der Waals surface area contributed by atoms with Crippen LogP contribution >= 0.6 is 0 Å². The molecule has 1 rings (SSSR count). The van der Waals surface area contributed by atoms with Crippen LogP contribution in [0, 0.1) is 6.92 Å². The molecule has 1 aromatic heterocycles. The first kappa shape index (κ1) is 5.24. The van der Waals surface area contributed by atoms with E-state index in [1.165, 1.54) is 0 Å². The summed E-state index contributed by atoms with van der Waals surface area (Å²) >= 11 is 0. The zero-order valence-corrected chi connectivity index (χ0v) is 4.46. The number of rotatable bonds is 1. The zero-order valence-electron chi connectivity index (χ0n) is 4.46. The molecule has 8 heavy (non-hydrogen) atoms. The number of hydrogen-bond acceptors (Lipinski definition) is 4. The van der Waals surface area contributed by atoms with Crippen molar-refractivity contribution in [3.8, 4) is 0 Å². The molecule has 0 amide bonds. The Bertz CT molecular complexity index is 172. The molecule has 1 N–H and O–H groups in total. The Labute approximate surface area is 46.1 Å². The molecule has 44 valence electrons. The van der Waals surface area contributed by atoms with E-state index >= 15 is 0 Å². The number of aliphatic hydroxyl groups is 1. The maximum Gasteiger partial charge on any atom is 0.252 e. The van der Waals surface area contributed by atoms with Crippen molar-refractivity contribution in [2.45, 2.75) is 13.5 Å². The van der Waals surface area contributed by atoms with Crippen LogP contribution in [0.2, 0.25) is 0 Å². The lowest BCUT2D eigenvalue weighted by Crippen LogP contribution is -1.80. The van der Waals surface area contributed by atoms with Gasteiger partial charge in [0.2, 0.25) is 0 Å². The molecule has 0 aromatic carbocycles. The second-order valence-electron chi connectivity index (χ2n) is 1.39. The fourth-order valence-electron chi connectivity index (χ4n) is 0.404. The van der Waals surface area contributed by atoms with E-state index in [4.69, 9.17) is 5.11 Å². The summed E-state index contributed by atoms with van der Waals surface area (Å²) in [6, 6.07) is 0. The number of hydrogen-bond donors (Lipinski definition) is 1. The summed E-state index contributed by atoms with van der Waals surface area (Å²) in [6.07, 6.45) is 0. The fourth-order valence-corrected chi connectivity index (χ4v) is 0.404. The van der Waals surface area contributed by atoms with Gasteiger partial charge >= 0.3 is 0 Å². The summed E-state index contributed by atoms with van der Waals surface area (Å²) in [5.41, 5.74) is 0. The second-order valence-corrected chi connectivity index (χ2v) is 1.39. The molecule has 0 aliphatic carbocycles. The van der Waals surface area contributed by atoms with E-state index < -0.39 is 0 Å². The third-order valence-electron chi connectivity index (χ3n) is 0.705. The van der Waals surface area contributed by atoms with Gasteiger partial charge in [0.1, 0.15) is 6.61 Å². The molecule has 0 atom stereocenters. The first-order valence-electron chi connectivity index (χ1n) is 2.23. The number of aliphatic hydroxyl groups excluding tert-OH is 1.